The Labute approximate surface area is 95.3 Å². The summed E-state index contributed by atoms with van der Waals surface area (Å²) in [7, 11) is 0. The second-order valence-electron chi connectivity index (χ2n) is 4.83. The van der Waals surface area contributed by atoms with Crippen LogP contribution < -0.4 is 5.73 Å². The molecule has 2 rings (SSSR count). The van der Waals surface area contributed by atoms with Gasteiger partial charge in [0.1, 0.15) is 5.82 Å². The van der Waals surface area contributed by atoms with Crippen molar-refractivity contribution < 1.29 is 9.50 Å². The van der Waals surface area contributed by atoms with Gasteiger partial charge in [0.15, 0.2) is 0 Å². The molecule has 0 aromatic heterocycles. The van der Waals surface area contributed by atoms with Crippen LogP contribution in [-0.2, 0) is 6.42 Å². The predicted molar refractivity (Wildman–Crippen MR) is 61.5 cm³/mol. The molecule has 1 fully saturated rings. The lowest BCUT2D eigenvalue weighted by molar-refractivity contribution is -0.000454. The number of aliphatic hydroxyl groups is 1. The lowest BCUT2D eigenvalue weighted by Gasteiger charge is -2.35. The molecule has 0 atom stereocenters. The van der Waals surface area contributed by atoms with Crippen LogP contribution in [0.15, 0.2) is 24.3 Å². The van der Waals surface area contributed by atoms with Gasteiger partial charge in [0.05, 0.1) is 5.60 Å². The summed E-state index contributed by atoms with van der Waals surface area (Å²) in [6, 6.07) is 6.84. The molecule has 0 aliphatic heterocycles. The molecule has 0 spiro atoms. The standard InChI is InChI=1S/C13H18FNO/c14-12-4-2-1-3-10(12)9-13(16)7-5-11(15)6-8-13/h1-4,11,16H,5-9,15H2. The summed E-state index contributed by atoms with van der Waals surface area (Å²) >= 11 is 0. The Kier molecular flexibility index (Phi) is 3.26. The van der Waals surface area contributed by atoms with Crippen LogP contribution in [0.3, 0.4) is 0 Å². The Morgan fingerprint density at radius 2 is 1.94 bits per heavy atom. The minimum absolute atomic E-state index is 0.195. The molecule has 1 aromatic rings. The van der Waals surface area contributed by atoms with Crippen molar-refractivity contribution >= 4 is 0 Å². The molecule has 3 heteroatoms. The maximum absolute atomic E-state index is 13.5. The minimum Gasteiger partial charge on any atom is -0.390 e. The van der Waals surface area contributed by atoms with Gasteiger partial charge in [-0.3, -0.25) is 0 Å². The van der Waals surface area contributed by atoms with E-state index in [0.717, 1.165) is 12.8 Å². The number of nitrogens with two attached hydrogens (primary N) is 1. The molecule has 1 aliphatic rings. The molecular weight excluding hydrogens is 205 g/mol. The Hall–Kier alpha value is -0.930. The first-order chi connectivity index (χ1) is 7.59. The first-order valence-electron chi connectivity index (χ1n) is 5.80. The quantitative estimate of drug-likeness (QED) is 0.805. The van der Waals surface area contributed by atoms with Crippen molar-refractivity contribution in [1.82, 2.24) is 0 Å². The van der Waals surface area contributed by atoms with E-state index in [1.54, 1.807) is 18.2 Å². The number of benzene rings is 1. The van der Waals surface area contributed by atoms with E-state index in [4.69, 9.17) is 5.73 Å². The molecule has 1 aliphatic carbocycles. The van der Waals surface area contributed by atoms with Crippen molar-refractivity contribution in [3.63, 3.8) is 0 Å². The molecule has 0 unspecified atom stereocenters. The van der Waals surface area contributed by atoms with Gasteiger partial charge in [-0.1, -0.05) is 18.2 Å². The van der Waals surface area contributed by atoms with Crippen molar-refractivity contribution in [2.45, 2.75) is 43.7 Å². The van der Waals surface area contributed by atoms with Gasteiger partial charge < -0.3 is 10.8 Å². The van der Waals surface area contributed by atoms with E-state index in [2.05, 4.69) is 0 Å². The van der Waals surface area contributed by atoms with Crippen molar-refractivity contribution in [2.75, 3.05) is 0 Å². The van der Waals surface area contributed by atoms with Crippen LogP contribution in [0.2, 0.25) is 0 Å². The molecule has 2 nitrogen and oxygen atoms in total. The van der Waals surface area contributed by atoms with Gasteiger partial charge in [-0.15, -0.1) is 0 Å². The Balaban J connectivity index is 2.07. The summed E-state index contributed by atoms with van der Waals surface area (Å²) < 4.78 is 13.5. The summed E-state index contributed by atoms with van der Waals surface area (Å²) in [5, 5.41) is 10.3. The number of rotatable bonds is 2. The van der Waals surface area contributed by atoms with E-state index >= 15 is 0 Å². The molecule has 88 valence electrons. The van der Waals surface area contributed by atoms with Crippen molar-refractivity contribution in [2.24, 2.45) is 5.73 Å². The number of hydrogen-bond acceptors (Lipinski definition) is 2. The van der Waals surface area contributed by atoms with Crippen LogP contribution in [-0.4, -0.2) is 16.7 Å². The fourth-order valence-electron chi connectivity index (χ4n) is 2.35. The fraction of sp³-hybridized carbons (Fsp3) is 0.538. The summed E-state index contributed by atoms with van der Waals surface area (Å²) in [4.78, 5) is 0. The average Bonchev–Trinajstić information content (AvgIpc) is 2.27. The van der Waals surface area contributed by atoms with Crippen molar-refractivity contribution in [1.29, 1.82) is 0 Å². The van der Waals surface area contributed by atoms with E-state index in [1.807, 2.05) is 0 Å². The molecule has 0 radical (unpaired) electrons. The summed E-state index contributed by atoms with van der Waals surface area (Å²) in [5.41, 5.74) is 5.63. The van der Waals surface area contributed by atoms with E-state index in [-0.39, 0.29) is 11.9 Å². The van der Waals surface area contributed by atoms with Gasteiger partial charge in [0.25, 0.3) is 0 Å². The van der Waals surface area contributed by atoms with Gasteiger partial charge in [0, 0.05) is 12.5 Å². The predicted octanol–water partition coefficient (Wildman–Crippen LogP) is 2.00. The van der Waals surface area contributed by atoms with Crippen LogP contribution in [0, 0.1) is 5.82 Å². The summed E-state index contributed by atoms with van der Waals surface area (Å²) in [5.74, 6) is -0.231. The monoisotopic (exact) mass is 223 g/mol. The summed E-state index contributed by atoms with van der Waals surface area (Å²) in [6.45, 7) is 0. The van der Waals surface area contributed by atoms with Crippen LogP contribution in [0.5, 0.6) is 0 Å². The lowest BCUT2D eigenvalue weighted by Crippen LogP contribution is -2.40. The molecule has 3 N–H and O–H groups in total. The van der Waals surface area contributed by atoms with Crippen molar-refractivity contribution in [3.8, 4) is 0 Å². The van der Waals surface area contributed by atoms with Gasteiger partial charge in [-0.05, 0) is 37.3 Å². The van der Waals surface area contributed by atoms with Crippen LogP contribution >= 0.6 is 0 Å². The van der Waals surface area contributed by atoms with Crippen molar-refractivity contribution in [3.05, 3.63) is 35.6 Å². The number of halogens is 1. The zero-order valence-electron chi connectivity index (χ0n) is 9.32. The highest BCUT2D eigenvalue weighted by molar-refractivity contribution is 5.19. The third-order valence-electron chi connectivity index (χ3n) is 3.44. The number of hydrogen-bond donors (Lipinski definition) is 2. The highest BCUT2D eigenvalue weighted by Crippen LogP contribution is 2.31. The zero-order valence-corrected chi connectivity index (χ0v) is 9.32. The Morgan fingerprint density at radius 1 is 1.31 bits per heavy atom. The SMILES string of the molecule is NC1CCC(O)(Cc2ccccc2F)CC1. The van der Waals surface area contributed by atoms with E-state index < -0.39 is 5.60 Å². The summed E-state index contributed by atoms with van der Waals surface area (Å²) in [6.07, 6.45) is 3.38. The Bertz CT molecular complexity index is 359. The third kappa shape index (κ3) is 2.60. The topological polar surface area (TPSA) is 46.2 Å². The molecule has 0 bridgehead atoms. The van der Waals surface area contributed by atoms with Crippen LogP contribution in [0.25, 0.3) is 0 Å². The molecule has 0 amide bonds. The molecule has 1 saturated carbocycles. The van der Waals surface area contributed by atoms with Gasteiger partial charge in [-0.2, -0.15) is 0 Å². The van der Waals surface area contributed by atoms with E-state index in [0.29, 0.717) is 24.8 Å². The van der Waals surface area contributed by atoms with Gasteiger partial charge >= 0.3 is 0 Å². The van der Waals surface area contributed by atoms with E-state index in [9.17, 15) is 9.50 Å². The van der Waals surface area contributed by atoms with Gasteiger partial charge in [-0.25, -0.2) is 4.39 Å². The van der Waals surface area contributed by atoms with Crippen LogP contribution in [0.1, 0.15) is 31.2 Å². The normalized spacial score (nSPS) is 30.3. The maximum Gasteiger partial charge on any atom is 0.126 e. The van der Waals surface area contributed by atoms with E-state index in [1.165, 1.54) is 6.07 Å². The van der Waals surface area contributed by atoms with Crippen LogP contribution in [0.4, 0.5) is 4.39 Å². The zero-order chi connectivity index (χ0) is 11.6. The second-order valence-corrected chi connectivity index (χ2v) is 4.83. The average molecular weight is 223 g/mol. The minimum atomic E-state index is -0.766. The maximum atomic E-state index is 13.5. The first kappa shape index (κ1) is 11.6. The highest BCUT2D eigenvalue weighted by Gasteiger charge is 2.32. The fourth-order valence-corrected chi connectivity index (χ4v) is 2.35. The molecule has 1 aromatic carbocycles. The molecular formula is C13H18FNO. The highest BCUT2D eigenvalue weighted by atomic mass is 19.1. The largest absolute Gasteiger partial charge is 0.390 e. The first-order valence-corrected chi connectivity index (χ1v) is 5.80. The second kappa shape index (κ2) is 4.52. The lowest BCUT2D eigenvalue weighted by atomic mass is 9.79. The third-order valence-corrected chi connectivity index (χ3v) is 3.44. The smallest absolute Gasteiger partial charge is 0.126 e. The Morgan fingerprint density at radius 3 is 2.56 bits per heavy atom. The molecule has 0 heterocycles. The molecule has 16 heavy (non-hydrogen) atoms. The van der Waals surface area contributed by atoms with Gasteiger partial charge in [0.2, 0.25) is 0 Å². The molecule has 0 saturated heterocycles.